The number of hydrogen-bond acceptors (Lipinski definition) is 7. The van der Waals surface area contributed by atoms with Gasteiger partial charge >= 0.3 is 11.7 Å². The smallest absolute Gasteiger partial charge is 0.356 e. The normalized spacial score (nSPS) is 16.1. The van der Waals surface area contributed by atoms with Crippen molar-refractivity contribution < 1.29 is 19.6 Å². The second-order valence-electron chi connectivity index (χ2n) is 4.74. The predicted molar refractivity (Wildman–Crippen MR) is 69.5 cm³/mol. The third kappa shape index (κ3) is 2.85. The molecular weight excluding hydrogens is 266 g/mol. The molecule has 1 aliphatic rings. The zero-order chi connectivity index (χ0) is 14.8. The molecule has 2 rings (SSSR count). The lowest BCUT2D eigenvalue weighted by Gasteiger charge is -2.36. The van der Waals surface area contributed by atoms with E-state index in [1.807, 2.05) is 0 Å². The van der Waals surface area contributed by atoms with Crippen molar-refractivity contribution in [2.75, 3.05) is 19.0 Å². The number of esters is 1. The molecular formula is C12H15N3O5. The predicted octanol–water partition coefficient (Wildman–Crippen LogP) is 1.10. The highest BCUT2D eigenvalue weighted by atomic mass is 16.6. The largest absolute Gasteiger partial charge is 0.464 e. The Morgan fingerprint density at radius 1 is 1.60 bits per heavy atom. The molecule has 0 unspecified atom stereocenters. The number of anilines is 1. The lowest BCUT2D eigenvalue weighted by atomic mass is 9.80. The van der Waals surface area contributed by atoms with E-state index in [4.69, 9.17) is 0 Å². The molecule has 0 aromatic carbocycles. The van der Waals surface area contributed by atoms with Crippen molar-refractivity contribution in [2.45, 2.75) is 24.9 Å². The van der Waals surface area contributed by atoms with E-state index in [0.29, 0.717) is 12.8 Å². The Bertz CT molecular complexity index is 542. The first-order valence-corrected chi connectivity index (χ1v) is 6.15. The van der Waals surface area contributed by atoms with E-state index in [0.717, 1.165) is 6.42 Å². The first-order valence-electron chi connectivity index (χ1n) is 6.15. The molecule has 1 aromatic rings. The molecule has 0 aliphatic heterocycles. The number of nitrogens with zero attached hydrogens (tertiary/aromatic N) is 2. The van der Waals surface area contributed by atoms with Crippen LogP contribution in [0.5, 0.6) is 0 Å². The maximum Gasteiger partial charge on any atom is 0.356 e. The summed E-state index contributed by atoms with van der Waals surface area (Å²) in [6.07, 6.45) is 2.21. The minimum absolute atomic E-state index is 0.0267. The fraction of sp³-hybridized carbons (Fsp3) is 0.500. The van der Waals surface area contributed by atoms with E-state index in [9.17, 15) is 20.0 Å². The molecule has 1 aliphatic carbocycles. The summed E-state index contributed by atoms with van der Waals surface area (Å²) in [5.41, 5.74) is -1.13. The Morgan fingerprint density at radius 3 is 2.80 bits per heavy atom. The quantitative estimate of drug-likeness (QED) is 0.471. The standard InChI is InChI=1S/C12H15N3O5/c1-20-11(16)8-3-4-9(15(18)19)10(14-8)13-7-12(17)5-2-6-12/h3-4,17H,2,5-7H2,1H3,(H,13,14). The topological polar surface area (TPSA) is 115 Å². The maximum absolute atomic E-state index is 11.4. The van der Waals surface area contributed by atoms with Crippen molar-refractivity contribution in [3.8, 4) is 0 Å². The van der Waals surface area contributed by atoms with Crippen LogP contribution in [0.3, 0.4) is 0 Å². The molecule has 8 heteroatoms. The van der Waals surface area contributed by atoms with Crippen molar-refractivity contribution in [1.82, 2.24) is 4.98 Å². The summed E-state index contributed by atoms with van der Waals surface area (Å²) in [6, 6.07) is 2.42. The molecule has 1 heterocycles. The summed E-state index contributed by atoms with van der Waals surface area (Å²) in [7, 11) is 1.20. The zero-order valence-corrected chi connectivity index (χ0v) is 11.0. The molecule has 0 bridgehead atoms. The zero-order valence-electron chi connectivity index (χ0n) is 11.0. The van der Waals surface area contributed by atoms with Crippen LogP contribution in [0.4, 0.5) is 11.5 Å². The van der Waals surface area contributed by atoms with Gasteiger partial charge in [0.05, 0.1) is 17.6 Å². The summed E-state index contributed by atoms with van der Waals surface area (Å²) in [5.74, 6) is -0.719. The van der Waals surface area contributed by atoms with E-state index in [-0.39, 0.29) is 23.7 Å². The van der Waals surface area contributed by atoms with Crippen LogP contribution in [-0.2, 0) is 4.74 Å². The molecule has 1 saturated carbocycles. The van der Waals surface area contributed by atoms with Gasteiger partial charge in [0.15, 0.2) is 5.69 Å². The van der Waals surface area contributed by atoms with Crippen LogP contribution < -0.4 is 5.32 Å². The van der Waals surface area contributed by atoms with Crippen LogP contribution in [0.15, 0.2) is 12.1 Å². The maximum atomic E-state index is 11.4. The molecule has 0 amide bonds. The first-order chi connectivity index (χ1) is 9.45. The lowest BCUT2D eigenvalue weighted by molar-refractivity contribution is -0.384. The molecule has 1 aromatic heterocycles. The molecule has 0 saturated heterocycles. The Kier molecular flexibility index (Phi) is 3.84. The number of rotatable bonds is 5. The van der Waals surface area contributed by atoms with E-state index in [1.54, 1.807) is 0 Å². The van der Waals surface area contributed by atoms with E-state index in [1.165, 1.54) is 19.2 Å². The number of ether oxygens (including phenoxy) is 1. The average molecular weight is 281 g/mol. The number of nitro groups is 1. The van der Waals surface area contributed by atoms with E-state index >= 15 is 0 Å². The van der Waals surface area contributed by atoms with Crippen molar-refractivity contribution >= 4 is 17.5 Å². The highest BCUT2D eigenvalue weighted by Crippen LogP contribution is 2.32. The number of nitrogens with one attached hydrogen (secondary N) is 1. The number of hydrogen-bond donors (Lipinski definition) is 2. The number of carbonyl (C=O) groups excluding carboxylic acids is 1. The lowest BCUT2D eigenvalue weighted by Crippen LogP contribution is -2.43. The minimum atomic E-state index is -0.850. The van der Waals surface area contributed by atoms with Gasteiger partial charge in [-0.25, -0.2) is 9.78 Å². The second kappa shape index (κ2) is 5.41. The van der Waals surface area contributed by atoms with Crippen LogP contribution in [0, 0.1) is 10.1 Å². The third-order valence-corrected chi connectivity index (χ3v) is 3.33. The Balaban J connectivity index is 2.22. The van der Waals surface area contributed by atoms with Crippen molar-refractivity contribution in [3.63, 3.8) is 0 Å². The van der Waals surface area contributed by atoms with Gasteiger partial charge in [0.2, 0.25) is 5.82 Å². The molecule has 8 nitrogen and oxygen atoms in total. The Hall–Kier alpha value is -2.22. The van der Waals surface area contributed by atoms with E-state index in [2.05, 4.69) is 15.0 Å². The number of aromatic nitrogens is 1. The molecule has 0 atom stereocenters. The van der Waals surface area contributed by atoms with Gasteiger partial charge in [-0.1, -0.05) is 0 Å². The van der Waals surface area contributed by atoms with Crippen molar-refractivity contribution in [3.05, 3.63) is 27.9 Å². The third-order valence-electron chi connectivity index (χ3n) is 3.33. The monoisotopic (exact) mass is 281 g/mol. The van der Waals surface area contributed by atoms with Crippen molar-refractivity contribution in [1.29, 1.82) is 0 Å². The second-order valence-corrected chi connectivity index (χ2v) is 4.74. The first kappa shape index (κ1) is 14.2. The Labute approximate surface area is 114 Å². The molecule has 2 N–H and O–H groups in total. The Morgan fingerprint density at radius 2 is 2.30 bits per heavy atom. The number of pyridine rings is 1. The summed E-state index contributed by atoms with van der Waals surface area (Å²) in [6.45, 7) is 0.158. The van der Waals surface area contributed by atoms with Gasteiger partial charge in [-0.3, -0.25) is 10.1 Å². The molecule has 108 valence electrons. The molecule has 20 heavy (non-hydrogen) atoms. The van der Waals surface area contributed by atoms with Crippen LogP contribution in [0.25, 0.3) is 0 Å². The fourth-order valence-corrected chi connectivity index (χ4v) is 1.96. The molecule has 0 spiro atoms. The van der Waals surface area contributed by atoms with Gasteiger partial charge in [-0.05, 0) is 25.3 Å². The van der Waals surface area contributed by atoms with Gasteiger partial charge in [-0.15, -0.1) is 0 Å². The SMILES string of the molecule is COC(=O)c1ccc([N+](=O)[O-])c(NCC2(O)CCC2)n1. The summed E-state index contributed by atoms with van der Waals surface area (Å²) >= 11 is 0. The van der Waals surface area contributed by atoms with E-state index < -0.39 is 16.5 Å². The average Bonchev–Trinajstić information content (AvgIpc) is 2.41. The fourth-order valence-electron chi connectivity index (χ4n) is 1.96. The van der Waals surface area contributed by atoms with Gasteiger partial charge in [0.25, 0.3) is 0 Å². The van der Waals surface area contributed by atoms with Gasteiger partial charge in [0, 0.05) is 12.6 Å². The number of carbonyl (C=O) groups is 1. The van der Waals surface area contributed by atoms with Crippen molar-refractivity contribution in [2.24, 2.45) is 0 Å². The van der Waals surface area contributed by atoms with Gasteiger partial charge < -0.3 is 15.2 Å². The molecule has 1 fully saturated rings. The highest BCUT2D eigenvalue weighted by molar-refractivity contribution is 5.88. The highest BCUT2D eigenvalue weighted by Gasteiger charge is 2.34. The minimum Gasteiger partial charge on any atom is -0.464 e. The molecule has 0 radical (unpaired) electrons. The van der Waals surface area contributed by atoms with Gasteiger partial charge in [0.1, 0.15) is 0 Å². The summed E-state index contributed by atoms with van der Waals surface area (Å²) < 4.78 is 4.52. The summed E-state index contributed by atoms with van der Waals surface area (Å²) in [4.78, 5) is 25.6. The summed E-state index contributed by atoms with van der Waals surface area (Å²) in [5, 5.41) is 23.6. The number of methoxy groups -OCH3 is 1. The van der Waals surface area contributed by atoms with Crippen LogP contribution >= 0.6 is 0 Å². The van der Waals surface area contributed by atoms with Crippen LogP contribution in [0.1, 0.15) is 29.8 Å². The van der Waals surface area contributed by atoms with Crippen LogP contribution in [-0.4, -0.2) is 40.2 Å². The van der Waals surface area contributed by atoms with Crippen LogP contribution in [0.2, 0.25) is 0 Å². The number of aliphatic hydroxyl groups is 1. The van der Waals surface area contributed by atoms with Gasteiger partial charge in [-0.2, -0.15) is 0 Å².